The van der Waals surface area contributed by atoms with Crippen LogP contribution >= 0.6 is 11.6 Å². The number of aryl methyl sites for hydroxylation is 2. The predicted molar refractivity (Wildman–Crippen MR) is 128 cm³/mol. The van der Waals surface area contributed by atoms with E-state index in [2.05, 4.69) is 4.90 Å². The Morgan fingerprint density at radius 2 is 1.82 bits per heavy atom. The van der Waals surface area contributed by atoms with Crippen molar-refractivity contribution in [2.24, 2.45) is 0 Å². The summed E-state index contributed by atoms with van der Waals surface area (Å²) in [6.45, 7) is 6.42. The van der Waals surface area contributed by atoms with Crippen molar-refractivity contribution in [3.05, 3.63) is 76.1 Å². The molecule has 0 radical (unpaired) electrons. The molecule has 0 aliphatic carbocycles. The molecule has 1 fully saturated rings. The van der Waals surface area contributed by atoms with Crippen molar-refractivity contribution in [3.8, 4) is 0 Å². The fraction of sp³-hybridized carbons (Fsp3) is 0.346. The van der Waals surface area contributed by atoms with Crippen molar-refractivity contribution < 1.29 is 18.0 Å². The van der Waals surface area contributed by atoms with Crippen LogP contribution < -0.4 is 4.90 Å². The first-order valence-electron chi connectivity index (χ1n) is 11.3. The quantitative estimate of drug-likeness (QED) is 0.315. The first-order valence-corrected chi connectivity index (χ1v) is 11.7. The summed E-state index contributed by atoms with van der Waals surface area (Å²) in [4.78, 5) is 17.6. The Kier molecular flexibility index (Phi) is 5.94. The summed E-state index contributed by atoms with van der Waals surface area (Å²) < 4.78 is 17.7. The summed E-state index contributed by atoms with van der Waals surface area (Å²) in [6, 6.07) is 11.3. The van der Waals surface area contributed by atoms with Gasteiger partial charge in [0.15, 0.2) is 11.6 Å². The third-order valence-corrected chi connectivity index (χ3v) is 6.69. The molecule has 1 aliphatic heterocycles. The lowest BCUT2D eigenvalue weighted by molar-refractivity contribution is 0.0674. The second kappa shape index (κ2) is 9.02. The van der Waals surface area contributed by atoms with Crippen molar-refractivity contribution in [1.29, 1.82) is 0 Å². The molecule has 1 saturated heterocycles. The van der Waals surface area contributed by atoms with Gasteiger partial charge in [-0.3, -0.25) is 4.79 Å². The highest BCUT2D eigenvalue weighted by molar-refractivity contribution is 6.32. The Morgan fingerprint density at radius 1 is 1.03 bits per heavy atom. The molecule has 5 rings (SSSR count). The fourth-order valence-electron chi connectivity index (χ4n) is 4.40. The van der Waals surface area contributed by atoms with E-state index in [0.717, 1.165) is 41.2 Å². The second-order valence-corrected chi connectivity index (χ2v) is 9.09. The molecule has 3 aromatic heterocycles. The van der Waals surface area contributed by atoms with E-state index in [0.29, 0.717) is 35.2 Å². The average molecular weight is 467 g/mol. The normalized spacial score (nSPS) is 14.2. The molecule has 4 aromatic rings. The molecule has 0 unspecified atom stereocenters. The molecule has 4 heterocycles. The van der Waals surface area contributed by atoms with E-state index in [-0.39, 0.29) is 5.91 Å². The van der Waals surface area contributed by atoms with Crippen LogP contribution in [-0.4, -0.2) is 23.9 Å². The number of carbonyl (C=O) groups is 1. The zero-order valence-electron chi connectivity index (χ0n) is 18.9. The van der Waals surface area contributed by atoms with Crippen molar-refractivity contribution in [2.75, 3.05) is 18.0 Å². The number of furan rings is 3. The number of halogens is 1. The number of carbonyl (C=O) groups excluding carboxylic acids is 1. The van der Waals surface area contributed by atoms with Crippen molar-refractivity contribution in [3.63, 3.8) is 0 Å². The molecule has 1 aliphatic rings. The van der Waals surface area contributed by atoms with Crippen LogP contribution in [0.25, 0.3) is 11.0 Å². The highest BCUT2D eigenvalue weighted by Gasteiger charge is 2.26. The molecule has 172 valence electrons. The largest absolute Gasteiger partial charge is 0.467 e. The summed E-state index contributed by atoms with van der Waals surface area (Å²) in [5.41, 5.74) is 2.33. The molecule has 1 amide bonds. The van der Waals surface area contributed by atoms with Crippen molar-refractivity contribution in [2.45, 2.75) is 46.2 Å². The number of benzene rings is 1. The third-order valence-electron chi connectivity index (χ3n) is 6.29. The number of nitrogens with zero attached hydrogens (tertiary/aromatic N) is 2. The average Bonchev–Trinajstić information content (AvgIpc) is 3.56. The summed E-state index contributed by atoms with van der Waals surface area (Å²) in [5, 5.41) is 1.50. The number of hydrogen-bond acceptors (Lipinski definition) is 5. The maximum Gasteiger partial charge on any atom is 0.290 e. The SMILES string of the molecule is Cc1cc2oc(C(=O)N(Cc3ccco3)Cc3ccc(N4CCCCC4)o3)c(C)c2cc1Cl. The van der Waals surface area contributed by atoms with E-state index >= 15 is 0 Å². The first kappa shape index (κ1) is 21.7. The van der Waals surface area contributed by atoms with Gasteiger partial charge in [-0.05, 0) is 69.0 Å². The molecule has 0 N–H and O–H groups in total. The van der Waals surface area contributed by atoms with Gasteiger partial charge < -0.3 is 23.1 Å². The lowest BCUT2D eigenvalue weighted by atomic mass is 10.1. The van der Waals surface area contributed by atoms with E-state index in [9.17, 15) is 4.79 Å². The van der Waals surface area contributed by atoms with Gasteiger partial charge in [0.05, 0.1) is 19.4 Å². The Morgan fingerprint density at radius 3 is 2.58 bits per heavy atom. The highest BCUT2D eigenvalue weighted by atomic mass is 35.5. The Bertz CT molecular complexity index is 1270. The third kappa shape index (κ3) is 4.40. The van der Waals surface area contributed by atoms with Crippen molar-refractivity contribution in [1.82, 2.24) is 4.90 Å². The summed E-state index contributed by atoms with van der Waals surface area (Å²) in [5.74, 6) is 2.37. The van der Waals surface area contributed by atoms with Crippen LogP contribution in [0.2, 0.25) is 5.02 Å². The topological polar surface area (TPSA) is 63.0 Å². The van der Waals surface area contributed by atoms with E-state index < -0.39 is 0 Å². The molecule has 0 saturated carbocycles. The van der Waals surface area contributed by atoms with Gasteiger partial charge >= 0.3 is 0 Å². The Balaban J connectivity index is 1.44. The molecule has 1 aromatic carbocycles. The van der Waals surface area contributed by atoms with Gasteiger partial charge in [0.25, 0.3) is 5.91 Å². The molecule has 0 atom stereocenters. The Labute approximate surface area is 197 Å². The molecule has 7 heteroatoms. The number of hydrogen-bond donors (Lipinski definition) is 0. The lowest BCUT2D eigenvalue weighted by Crippen LogP contribution is -2.30. The number of amides is 1. The molecular formula is C26H27ClN2O4. The van der Waals surface area contributed by atoms with Crippen LogP contribution in [0.15, 0.2) is 55.9 Å². The summed E-state index contributed by atoms with van der Waals surface area (Å²) in [7, 11) is 0. The second-order valence-electron chi connectivity index (χ2n) is 8.68. The maximum atomic E-state index is 13.6. The van der Waals surface area contributed by atoms with Gasteiger partial charge in [-0.15, -0.1) is 0 Å². The lowest BCUT2D eigenvalue weighted by Gasteiger charge is -2.26. The van der Waals surface area contributed by atoms with E-state index in [4.69, 9.17) is 24.9 Å². The van der Waals surface area contributed by atoms with Crippen LogP contribution in [0.1, 0.15) is 52.5 Å². The van der Waals surface area contributed by atoms with Crippen LogP contribution in [0.5, 0.6) is 0 Å². The van der Waals surface area contributed by atoms with Gasteiger partial charge in [0, 0.05) is 35.1 Å². The number of fused-ring (bicyclic) bond motifs is 1. The van der Waals surface area contributed by atoms with E-state index in [1.165, 1.54) is 19.3 Å². The smallest absolute Gasteiger partial charge is 0.290 e. The number of piperidine rings is 1. The zero-order valence-corrected chi connectivity index (χ0v) is 19.7. The minimum atomic E-state index is -0.218. The standard InChI is InChI=1S/C26H27ClN2O4/c1-17-13-23-21(14-22(17)27)18(2)25(33-23)26(30)29(15-19-7-6-12-31-19)16-20-8-9-24(32-20)28-10-4-3-5-11-28/h6-9,12-14H,3-5,10-11,15-16H2,1-2H3. The molecule has 33 heavy (non-hydrogen) atoms. The molecule has 6 nitrogen and oxygen atoms in total. The molecule has 0 bridgehead atoms. The summed E-state index contributed by atoms with van der Waals surface area (Å²) in [6.07, 6.45) is 5.22. The van der Waals surface area contributed by atoms with E-state index in [1.54, 1.807) is 11.2 Å². The Hall–Kier alpha value is -3.12. The first-order chi connectivity index (χ1) is 16.0. The van der Waals surface area contributed by atoms with Gasteiger partial charge in [-0.1, -0.05) is 11.6 Å². The van der Waals surface area contributed by atoms with Crippen molar-refractivity contribution >= 4 is 34.4 Å². The number of rotatable bonds is 6. The molecule has 0 spiro atoms. The van der Waals surface area contributed by atoms with Crippen LogP contribution in [-0.2, 0) is 13.1 Å². The maximum absolute atomic E-state index is 13.6. The minimum Gasteiger partial charge on any atom is -0.467 e. The van der Waals surface area contributed by atoms with Gasteiger partial charge in [-0.25, -0.2) is 0 Å². The van der Waals surface area contributed by atoms with Gasteiger partial charge in [-0.2, -0.15) is 0 Å². The van der Waals surface area contributed by atoms with Gasteiger partial charge in [0.2, 0.25) is 0 Å². The highest BCUT2D eigenvalue weighted by Crippen LogP contribution is 2.32. The van der Waals surface area contributed by atoms with Gasteiger partial charge in [0.1, 0.15) is 17.1 Å². The van der Waals surface area contributed by atoms with Crippen LogP contribution in [0, 0.1) is 13.8 Å². The number of anilines is 1. The van der Waals surface area contributed by atoms with E-state index in [1.807, 2.05) is 50.2 Å². The monoisotopic (exact) mass is 466 g/mol. The van der Waals surface area contributed by atoms with Crippen LogP contribution in [0.4, 0.5) is 5.88 Å². The van der Waals surface area contributed by atoms with Crippen LogP contribution in [0.3, 0.4) is 0 Å². The zero-order chi connectivity index (χ0) is 22.9. The predicted octanol–water partition coefficient (Wildman–Crippen LogP) is 6.72. The summed E-state index contributed by atoms with van der Waals surface area (Å²) >= 11 is 6.31. The minimum absolute atomic E-state index is 0.218. The fourth-order valence-corrected chi connectivity index (χ4v) is 4.57. The molecular weight excluding hydrogens is 440 g/mol.